The molecule has 0 fully saturated rings. The van der Waals surface area contributed by atoms with E-state index in [1.165, 1.54) is 0 Å². The van der Waals surface area contributed by atoms with Crippen LogP contribution >= 0.6 is 0 Å². The Kier molecular flexibility index (Phi) is 12.0. The molecule has 0 saturated carbocycles. The number of hydrogen-bond donors (Lipinski definition) is 1. The van der Waals surface area contributed by atoms with Crippen LogP contribution in [0.15, 0.2) is 0 Å². The van der Waals surface area contributed by atoms with Crippen molar-refractivity contribution < 1.29 is 19.2 Å². The second kappa shape index (κ2) is 12.8. The molecular formula is C18H32N2O4. The van der Waals surface area contributed by atoms with Gasteiger partial charge in [-0.2, -0.15) is 0 Å². The van der Waals surface area contributed by atoms with Crippen molar-refractivity contribution in [2.24, 2.45) is 0 Å². The van der Waals surface area contributed by atoms with Crippen molar-refractivity contribution in [3.05, 3.63) is 0 Å². The third-order valence-corrected chi connectivity index (χ3v) is 3.55. The summed E-state index contributed by atoms with van der Waals surface area (Å²) < 4.78 is 0. The molecule has 0 unspecified atom stereocenters. The molecule has 138 valence electrons. The molecule has 0 aliphatic carbocycles. The first kappa shape index (κ1) is 22.4. The fourth-order valence-electron chi connectivity index (χ4n) is 2.22. The fraction of sp³-hybridized carbons (Fsp3) is 0.778. The highest BCUT2D eigenvalue weighted by Gasteiger charge is 2.16. The largest absolute Gasteiger partial charge is 0.354 e. The van der Waals surface area contributed by atoms with Crippen LogP contribution in [-0.2, 0) is 19.2 Å². The lowest BCUT2D eigenvalue weighted by atomic mass is 10.1. The van der Waals surface area contributed by atoms with E-state index in [4.69, 9.17) is 0 Å². The maximum Gasteiger partial charge on any atom is 0.220 e. The van der Waals surface area contributed by atoms with Gasteiger partial charge in [0, 0.05) is 31.7 Å². The topological polar surface area (TPSA) is 83.6 Å². The van der Waals surface area contributed by atoms with Crippen LogP contribution < -0.4 is 5.32 Å². The number of carbonyl (C=O) groups excluding carboxylic acids is 4. The first-order chi connectivity index (χ1) is 11.3. The number of hydrogen-bond acceptors (Lipinski definition) is 5. The number of unbranched alkanes of at least 4 members (excludes halogenated alkanes) is 1. The minimum Gasteiger partial charge on any atom is -0.354 e. The summed E-state index contributed by atoms with van der Waals surface area (Å²) in [5.74, 6) is 0.0577. The summed E-state index contributed by atoms with van der Waals surface area (Å²) >= 11 is 0. The lowest BCUT2D eigenvalue weighted by Gasteiger charge is -2.19. The van der Waals surface area contributed by atoms with Gasteiger partial charge in [0.05, 0.1) is 19.6 Å². The van der Waals surface area contributed by atoms with E-state index in [1.54, 1.807) is 18.7 Å². The molecular weight excluding hydrogens is 308 g/mol. The van der Waals surface area contributed by atoms with Gasteiger partial charge in [-0.3, -0.25) is 24.1 Å². The van der Waals surface area contributed by atoms with Crippen LogP contribution in [0, 0.1) is 0 Å². The number of nitrogens with one attached hydrogen (secondary N) is 1. The second-order valence-corrected chi connectivity index (χ2v) is 6.40. The van der Waals surface area contributed by atoms with E-state index in [2.05, 4.69) is 5.32 Å². The third-order valence-electron chi connectivity index (χ3n) is 3.55. The first-order valence-corrected chi connectivity index (χ1v) is 8.85. The minimum absolute atomic E-state index is 0.00107. The predicted octanol–water partition coefficient (Wildman–Crippen LogP) is 1.90. The SMILES string of the molecule is CCC(=O)CN(CC(=O)CC)CC(=O)CCCCC(=O)NC(C)C. The van der Waals surface area contributed by atoms with Gasteiger partial charge in [0.15, 0.2) is 0 Å². The monoisotopic (exact) mass is 340 g/mol. The zero-order valence-corrected chi connectivity index (χ0v) is 15.5. The van der Waals surface area contributed by atoms with Crippen LogP contribution in [-0.4, -0.2) is 53.8 Å². The van der Waals surface area contributed by atoms with E-state index in [9.17, 15) is 19.2 Å². The molecule has 1 N–H and O–H groups in total. The van der Waals surface area contributed by atoms with E-state index in [0.29, 0.717) is 38.5 Å². The lowest BCUT2D eigenvalue weighted by molar-refractivity contribution is -0.126. The normalized spacial score (nSPS) is 10.9. The summed E-state index contributed by atoms with van der Waals surface area (Å²) in [6, 6.07) is 0.125. The molecule has 0 heterocycles. The number of Topliss-reactive ketones (excluding diaryl/α,β-unsaturated/α-hetero) is 3. The van der Waals surface area contributed by atoms with Gasteiger partial charge >= 0.3 is 0 Å². The Morgan fingerprint density at radius 1 is 0.792 bits per heavy atom. The fourth-order valence-corrected chi connectivity index (χ4v) is 2.22. The molecule has 1 amide bonds. The number of nitrogens with zero attached hydrogens (tertiary/aromatic N) is 1. The first-order valence-electron chi connectivity index (χ1n) is 8.85. The Hall–Kier alpha value is -1.56. The van der Waals surface area contributed by atoms with E-state index in [0.717, 1.165) is 0 Å². The van der Waals surface area contributed by atoms with Crippen LogP contribution in [0.5, 0.6) is 0 Å². The Bertz CT molecular complexity index is 415. The zero-order chi connectivity index (χ0) is 18.5. The van der Waals surface area contributed by atoms with Gasteiger partial charge in [-0.25, -0.2) is 0 Å². The van der Waals surface area contributed by atoms with E-state index >= 15 is 0 Å². The third kappa shape index (κ3) is 11.9. The van der Waals surface area contributed by atoms with Crippen molar-refractivity contribution in [1.29, 1.82) is 0 Å². The number of carbonyl (C=O) groups is 4. The molecule has 0 rings (SSSR count). The maximum absolute atomic E-state index is 12.1. The number of amides is 1. The molecule has 0 aromatic heterocycles. The summed E-state index contributed by atoms with van der Waals surface area (Å²) in [7, 11) is 0. The van der Waals surface area contributed by atoms with Crippen molar-refractivity contribution in [2.45, 2.75) is 72.3 Å². The molecule has 0 aliphatic heterocycles. The number of rotatable bonds is 14. The van der Waals surface area contributed by atoms with Gasteiger partial charge in [0.2, 0.25) is 5.91 Å². The van der Waals surface area contributed by atoms with E-state index in [-0.39, 0.29) is 48.9 Å². The van der Waals surface area contributed by atoms with Crippen molar-refractivity contribution >= 4 is 23.3 Å². The van der Waals surface area contributed by atoms with Crippen LogP contribution in [0.1, 0.15) is 66.2 Å². The summed E-state index contributed by atoms with van der Waals surface area (Å²) in [5.41, 5.74) is 0. The molecule has 0 aliphatic rings. The average Bonchev–Trinajstić information content (AvgIpc) is 2.50. The molecule has 0 spiro atoms. The van der Waals surface area contributed by atoms with Crippen LogP contribution in [0.25, 0.3) is 0 Å². The highest BCUT2D eigenvalue weighted by molar-refractivity contribution is 5.86. The van der Waals surface area contributed by atoms with Gasteiger partial charge < -0.3 is 5.32 Å². The van der Waals surface area contributed by atoms with Crippen LogP contribution in [0.3, 0.4) is 0 Å². The van der Waals surface area contributed by atoms with E-state index < -0.39 is 0 Å². The van der Waals surface area contributed by atoms with Gasteiger partial charge in [-0.15, -0.1) is 0 Å². The molecule has 6 nitrogen and oxygen atoms in total. The average molecular weight is 340 g/mol. The molecule has 24 heavy (non-hydrogen) atoms. The number of ketones is 3. The van der Waals surface area contributed by atoms with Crippen molar-refractivity contribution in [2.75, 3.05) is 19.6 Å². The smallest absolute Gasteiger partial charge is 0.220 e. The van der Waals surface area contributed by atoms with Gasteiger partial charge in [-0.05, 0) is 26.7 Å². The van der Waals surface area contributed by atoms with Crippen molar-refractivity contribution in [1.82, 2.24) is 10.2 Å². The van der Waals surface area contributed by atoms with Crippen molar-refractivity contribution in [3.8, 4) is 0 Å². The quantitative estimate of drug-likeness (QED) is 0.488. The molecule has 0 radical (unpaired) electrons. The van der Waals surface area contributed by atoms with E-state index in [1.807, 2.05) is 13.8 Å². The minimum atomic E-state index is 0.00107. The van der Waals surface area contributed by atoms with Gasteiger partial charge in [-0.1, -0.05) is 13.8 Å². The summed E-state index contributed by atoms with van der Waals surface area (Å²) in [6.07, 6.45) is 2.88. The highest BCUT2D eigenvalue weighted by Crippen LogP contribution is 2.03. The zero-order valence-electron chi connectivity index (χ0n) is 15.5. The van der Waals surface area contributed by atoms with Crippen LogP contribution in [0.4, 0.5) is 0 Å². The standard InChI is InChI=1S/C18H32N2O4/c1-5-15(21)11-20(12-16(22)6-2)13-17(23)9-7-8-10-18(24)19-14(3)4/h14H,5-13H2,1-4H3,(H,19,24). The molecule has 0 atom stereocenters. The summed E-state index contributed by atoms with van der Waals surface area (Å²) in [6.45, 7) is 7.76. The highest BCUT2D eigenvalue weighted by atomic mass is 16.2. The predicted molar refractivity (Wildman–Crippen MR) is 93.8 cm³/mol. The molecule has 0 aromatic rings. The summed E-state index contributed by atoms with van der Waals surface area (Å²) in [4.78, 5) is 48.4. The van der Waals surface area contributed by atoms with Gasteiger partial charge in [0.25, 0.3) is 0 Å². The van der Waals surface area contributed by atoms with Crippen molar-refractivity contribution in [3.63, 3.8) is 0 Å². The lowest BCUT2D eigenvalue weighted by Crippen LogP contribution is -2.38. The van der Waals surface area contributed by atoms with Gasteiger partial charge in [0.1, 0.15) is 17.3 Å². The Balaban J connectivity index is 4.18. The maximum atomic E-state index is 12.1. The summed E-state index contributed by atoms with van der Waals surface area (Å²) in [5, 5.41) is 2.81. The molecule has 0 aromatic carbocycles. The Morgan fingerprint density at radius 3 is 1.71 bits per heavy atom. The molecule has 6 heteroatoms. The Morgan fingerprint density at radius 2 is 1.25 bits per heavy atom. The molecule has 0 bridgehead atoms. The second-order valence-electron chi connectivity index (χ2n) is 6.40. The Labute approximate surface area is 145 Å². The molecule has 0 saturated heterocycles. The van der Waals surface area contributed by atoms with Crippen LogP contribution in [0.2, 0.25) is 0 Å².